The van der Waals surface area contributed by atoms with Crippen LogP contribution in [0.25, 0.3) is 11.1 Å². The first-order valence-electron chi connectivity index (χ1n) is 7.61. The van der Waals surface area contributed by atoms with Gasteiger partial charge in [0, 0.05) is 35.6 Å². The van der Waals surface area contributed by atoms with Gasteiger partial charge >= 0.3 is 0 Å². The number of nitrogens with one attached hydrogen (secondary N) is 1. The second-order valence-electron chi connectivity index (χ2n) is 5.34. The van der Waals surface area contributed by atoms with Crippen LogP contribution in [0.3, 0.4) is 0 Å². The van der Waals surface area contributed by atoms with Crippen LogP contribution in [0.5, 0.6) is 0 Å². The summed E-state index contributed by atoms with van der Waals surface area (Å²) in [5.74, 6) is 0.489. The van der Waals surface area contributed by atoms with E-state index >= 15 is 0 Å². The Balaban J connectivity index is 1.55. The minimum atomic E-state index is -0.0610. The predicted octanol–water partition coefficient (Wildman–Crippen LogP) is 4.37. The van der Waals surface area contributed by atoms with Crippen molar-refractivity contribution in [3.05, 3.63) is 77.7 Å². The molecule has 4 nitrogen and oxygen atoms in total. The van der Waals surface area contributed by atoms with Crippen molar-refractivity contribution in [2.75, 3.05) is 5.32 Å². The summed E-state index contributed by atoms with van der Waals surface area (Å²) in [5, 5.41) is 3.51. The van der Waals surface area contributed by atoms with Gasteiger partial charge in [-0.15, -0.1) is 0 Å². The van der Waals surface area contributed by atoms with Crippen LogP contribution >= 0.6 is 11.6 Å². The van der Waals surface area contributed by atoms with E-state index in [9.17, 15) is 4.79 Å². The largest absolute Gasteiger partial charge is 0.311 e. The first-order chi connectivity index (χ1) is 11.7. The fourth-order valence-corrected chi connectivity index (χ4v) is 2.42. The molecule has 1 amide bonds. The Morgan fingerprint density at radius 3 is 2.38 bits per heavy atom. The zero-order valence-corrected chi connectivity index (χ0v) is 13.7. The minimum absolute atomic E-state index is 0.0610. The molecule has 24 heavy (non-hydrogen) atoms. The Labute approximate surface area is 145 Å². The molecule has 0 bridgehead atoms. The minimum Gasteiger partial charge on any atom is -0.311 e. The fourth-order valence-electron chi connectivity index (χ4n) is 2.30. The van der Waals surface area contributed by atoms with Crippen LogP contribution in [-0.4, -0.2) is 15.9 Å². The van der Waals surface area contributed by atoms with E-state index in [-0.39, 0.29) is 5.91 Å². The molecule has 1 N–H and O–H groups in total. The Hall–Kier alpha value is -2.72. The number of pyridine rings is 2. The van der Waals surface area contributed by atoms with Gasteiger partial charge in [-0.05, 0) is 53.9 Å². The average molecular weight is 338 g/mol. The average Bonchev–Trinajstić information content (AvgIpc) is 2.63. The first kappa shape index (κ1) is 16.1. The molecular formula is C19H16ClN3O. The van der Waals surface area contributed by atoms with Gasteiger partial charge in [0.1, 0.15) is 5.82 Å². The van der Waals surface area contributed by atoms with Crippen LogP contribution in [0.2, 0.25) is 5.02 Å². The van der Waals surface area contributed by atoms with Crippen molar-refractivity contribution < 1.29 is 4.79 Å². The Morgan fingerprint density at radius 2 is 1.71 bits per heavy atom. The molecule has 120 valence electrons. The molecule has 1 aromatic carbocycles. The molecular weight excluding hydrogens is 322 g/mol. The van der Waals surface area contributed by atoms with Gasteiger partial charge in [0.15, 0.2) is 0 Å². The third-order valence-corrected chi connectivity index (χ3v) is 3.85. The number of nitrogens with zero attached hydrogens (tertiary/aromatic N) is 2. The molecule has 0 atom stereocenters. The topological polar surface area (TPSA) is 54.9 Å². The lowest BCUT2D eigenvalue weighted by Gasteiger charge is -2.06. The summed E-state index contributed by atoms with van der Waals surface area (Å²) in [4.78, 5) is 20.3. The summed E-state index contributed by atoms with van der Waals surface area (Å²) >= 11 is 5.85. The van der Waals surface area contributed by atoms with E-state index in [0.717, 1.165) is 16.7 Å². The normalized spacial score (nSPS) is 10.4. The summed E-state index contributed by atoms with van der Waals surface area (Å²) in [6, 6.07) is 15.1. The monoisotopic (exact) mass is 337 g/mol. The van der Waals surface area contributed by atoms with Gasteiger partial charge in [-0.1, -0.05) is 23.7 Å². The third-order valence-electron chi connectivity index (χ3n) is 3.60. The molecule has 2 heterocycles. The highest BCUT2D eigenvalue weighted by atomic mass is 35.5. The van der Waals surface area contributed by atoms with Crippen molar-refractivity contribution in [1.29, 1.82) is 0 Å². The van der Waals surface area contributed by atoms with Crippen molar-refractivity contribution in [3.63, 3.8) is 0 Å². The molecule has 0 radical (unpaired) electrons. The van der Waals surface area contributed by atoms with Gasteiger partial charge in [0.25, 0.3) is 0 Å². The maximum atomic E-state index is 12.0. The van der Waals surface area contributed by atoms with E-state index in [2.05, 4.69) is 15.3 Å². The predicted molar refractivity (Wildman–Crippen MR) is 95.9 cm³/mol. The molecule has 5 heteroatoms. The molecule has 0 saturated heterocycles. The standard InChI is InChI=1S/C19H16ClN3O/c20-17-5-1-14(2-6-17)3-8-19(24)23-18-7-4-16(13-22-18)15-9-11-21-12-10-15/h1-2,4-7,9-13H,3,8H2,(H,22,23,24). The molecule has 0 unspecified atom stereocenters. The number of amides is 1. The molecule has 2 aromatic heterocycles. The maximum absolute atomic E-state index is 12.0. The van der Waals surface area contributed by atoms with Gasteiger partial charge in [0.2, 0.25) is 5.91 Å². The number of hydrogen-bond acceptors (Lipinski definition) is 3. The van der Waals surface area contributed by atoms with Crippen LogP contribution in [-0.2, 0) is 11.2 Å². The lowest BCUT2D eigenvalue weighted by atomic mass is 10.1. The zero-order valence-electron chi connectivity index (χ0n) is 12.9. The molecule has 0 aliphatic carbocycles. The van der Waals surface area contributed by atoms with E-state index in [1.54, 1.807) is 24.7 Å². The quantitative estimate of drug-likeness (QED) is 0.752. The van der Waals surface area contributed by atoms with Crippen molar-refractivity contribution in [1.82, 2.24) is 9.97 Å². The fraction of sp³-hybridized carbons (Fsp3) is 0.105. The number of hydrogen-bond donors (Lipinski definition) is 1. The van der Waals surface area contributed by atoms with Crippen molar-refractivity contribution in [3.8, 4) is 11.1 Å². The second-order valence-corrected chi connectivity index (χ2v) is 5.78. The number of anilines is 1. The lowest BCUT2D eigenvalue weighted by Crippen LogP contribution is -2.13. The Kier molecular flexibility index (Phi) is 5.18. The van der Waals surface area contributed by atoms with Gasteiger partial charge in [-0.3, -0.25) is 9.78 Å². The number of aryl methyl sites for hydroxylation is 1. The second kappa shape index (κ2) is 7.70. The summed E-state index contributed by atoms with van der Waals surface area (Å²) in [5.41, 5.74) is 3.10. The van der Waals surface area contributed by atoms with Crippen molar-refractivity contribution in [2.45, 2.75) is 12.8 Å². The first-order valence-corrected chi connectivity index (χ1v) is 7.99. The number of rotatable bonds is 5. The van der Waals surface area contributed by atoms with E-state index < -0.39 is 0 Å². The van der Waals surface area contributed by atoms with Gasteiger partial charge < -0.3 is 5.32 Å². The zero-order chi connectivity index (χ0) is 16.8. The van der Waals surface area contributed by atoms with Gasteiger partial charge in [-0.25, -0.2) is 4.98 Å². The molecule has 0 saturated carbocycles. The number of halogens is 1. The van der Waals surface area contributed by atoms with Crippen LogP contribution in [0.4, 0.5) is 5.82 Å². The smallest absolute Gasteiger partial charge is 0.225 e. The highest BCUT2D eigenvalue weighted by Crippen LogP contribution is 2.18. The van der Waals surface area contributed by atoms with Crippen LogP contribution < -0.4 is 5.32 Å². The number of carbonyl (C=O) groups excluding carboxylic acids is 1. The highest BCUT2D eigenvalue weighted by Gasteiger charge is 2.05. The molecule has 0 aliphatic rings. The number of carbonyl (C=O) groups is 1. The Bertz CT molecular complexity index is 802. The van der Waals surface area contributed by atoms with Crippen molar-refractivity contribution >= 4 is 23.3 Å². The molecule has 3 aromatic rings. The molecule has 0 spiro atoms. The third kappa shape index (κ3) is 4.40. The summed E-state index contributed by atoms with van der Waals surface area (Å²) < 4.78 is 0. The summed E-state index contributed by atoms with van der Waals surface area (Å²) in [7, 11) is 0. The number of benzene rings is 1. The van der Waals surface area contributed by atoms with E-state index in [1.165, 1.54) is 0 Å². The highest BCUT2D eigenvalue weighted by molar-refractivity contribution is 6.30. The van der Waals surface area contributed by atoms with Crippen LogP contribution in [0.1, 0.15) is 12.0 Å². The van der Waals surface area contributed by atoms with Crippen molar-refractivity contribution in [2.24, 2.45) is 0 Å². The molecule has 0 aliphatic heterocycles. The maximum Gasteiger partial charge on any atom is 0.225 e. The van der Waals surface area contributed by atoms with E-state index in [4.69, 9.17) is 11.6 Å². The van der Waals surface area contributed by atoms with E-state index in [1.807, 2.05) is 42.5 Å². The molecule has 0 fully saturated rings. The molecule has 3 rings (SSSR count). The summed E-state index contributed by atoms with van der Waals surface area (Å²) in [6.07, 6.45) is 6.28. The number of aromatic nitrogens is 2. The Morgan fingerprint density at radius 1 is 0.958 bits per heavy atom. The van der Waals surface area contributed by atoms with Gasteiger partial charge in [-0.2, -0.15) is 0 Å². The lowest BCUT2D eigenvalue weighted by molar-refractivity contribution is -0.116. The van der Waals surface area contributed by atoms with Crippen LogP contribution in [0.15, 0.2) is 67.1 Å². The van der Waals surface area contributed by atoms with E-state index in [0.29, 0.717) is 23.7 Å². The van der Waals surface area contributed by atoms with Gasteiger partial charge in [0.05, 0.1) is 0 Å². The van der Waals surface area contributed by atoms with Crippen LogP contribution in [0, 0.1) is 0 Å². The summed E-state index contributed by atoms with van der Waals surface area (Å²) in [6.45, 7) is 0. The SMILES string of the molecule is O=C(CCc1ccc(Cl)cc1)Nc1ccc(-c2ccncc2)cn1.